The fourth-order valence-electron chi connectivity index (χ4n) is 2.38. The van der Waals surface area contributed by atoms with Gasteiger partial charge in [0.05, 0.1) is 24.9 Å². The summed E-state index contributed by atoms with van der Waals surface area (Å²) in [5.41, 5.74) is 0.800. The van der Waals surface area contributed by atoms with Gasteiger partial charge < -0.3 is 20.1 Å². The molecule has 5 nitrogen and oxygen atoms in total. The van der Waals surface area contributed by atoms with Crippen LogP contribution >= 0.6 is 0 Å². The predicted molar refractivity (Wildman–Crippen MR) is 78.0 cm³/mol. The molecule has 0 spiro atoms. The molecule has 0 radical (unpaired) electrons. The number of carbonyl (C=O) groups excluding carboxylic acids is 1. The molecule has 110 valence electrons. The molecule has 1 aliphatic rings. The number of nitrogens with zero attached hydrogens (tertiary/aromatic N) is 1. The molecule has 1 saturated heterocycles. The first-order chi connectivity index (χ1) is 9.54. The first kappa shape index (κ1) is 14.8. The summed E-state index contributed by atoms with van der Waals surface area (Å²) in [7, 11) is 1.60. The zero-order valence-electron chi connectivity index (χ0n) is 12.2. The normalized spacial score (nSPS) is 21.9. The Balaban J connectivity index is 2.11. The van der Waals surface area contributed by atoms with Crippen molar-refractivity contribution in [3.05, 3.63) is 24.3 Å². The van der Waals surface area contributed by atoms with Crippen LogP contribution in [0.4, 0.5) is 5.69 Å². The molecule has 1 aromatic rings. The van der Waals surface area contributed by atoms with Crippen molar-refractivity contribution in [2.24, 2.45) is 0 Å². The number of aliphatic hydroxyl groups is 1. The number of amides is 1. The highest BCUT2D eigenvalue weighted by molar-refractivity contribution is 6.00. The van der Waals surface area contributed by atoms with E-state index in [-0.39, 0.29) is 18.0 Å². The third-order valence-corrected chi connectivity index (χ3v) is 3.77. The van der Waals surface area contributed by atoms with Gasteiger partial charge >= 0.3 is 0 Å². The zero-order chi connectivity index (χ0) is 14.7. The van der Waals surface area contributed by atoms with Crippen molar-refractivity contribution in [1.29, 1.82) is 0 Å². The van der Waals surface area contributed by atoms with Crippen LogP contribution in [0, 0.1) is 0 Å². The molecule has 0 aromatic heterocycles. The fourth-order valence-corrected chi connectivity index (χ4v) is 2.38. The number of aliphatic hydroxyl groups excluding tert-OH is 1. The number of benzene rings is 1. The third kappa shape index (κ3) is 2.94. The van der Waals surface area contributed by atoms with Gasteiger partial charge in [0.1, 0.15) is 5.75 Å². The minimum atomic E-state index is -0.483. The Labute approximate surface area is 119 Å². The lowest BCUT2D eigenvalue weighted by Gasteiger charge is -2.22. The van der Waals surface area contributed by atoms with Crippen molar-refractivity contribution >= 4 is 11.6 Å². The second kappa shape index (κ2) is 6.24. The van der Waals surface area contributed by atoms with Gasteiger partial charge in [0.25, 0.3) is 0 Å². The number of anilines is 1. The summed E-state index contributed by atoms with van der Waals surface area (Å²) in [6.45, 7) is 4.25. The number of carbonyl (C=O) groups is 1. The van der Waals surface area contributed by atoms with E-state index in [1.54, 1.807) is 18.9 Å². The summed E-state index contributed by atoms with van der Waals surface area (Å²) in [4.78, 5) is 14.2. The van der Waals surface area contributed by atoms with E-state index in [1.165, 1.54) is 0 Å². The highest BCUT2D eigenvalue weighted by Crippen LogP contribution is 2.31. The summed E-state index contributed by atoms with van der Waals surface area (Å²) in [6.07, 6.45) is 0.247. The maximum atomic E-state index is 12.5. The first-order valence-corrected chi connectivity index (χ1v) is 6.93. The van der Waals surface area contributed by atoms with Gasteiger partial charge in [-0.2, -0.15) is 0 Å². The van der Waals surface area contributed by atoms with Crippen molar-refractivity contribution in [2.45, 2.75) is 38.5 Å². The Morgan fingerprint density at radius 1 is 1.40 bits per heavy atom. The minimum Gasteiger partial charge on any atom is -0.495 e. The molecule has 1 heterocycles. The molecule has 2 N–H and O–H groups in total. The van der Waals surface area contributed by atoms with Gasteiger partial charge in [-0.3, -0.25) is 4.79 Å². The number of hydrogen-bond acceptors (Lipinski definition) is 4. The van der Waals surface area contributed by atoms with E-state index in [1.807, 2.05) is 31.2 Å². The van der Waals surface area contributed by atoms with Crippen LogP contribution in [0.15, 0.2) is 24.3 Å². The van der Waals surface area contributed by atoms with Crippen molar-refractivity contribution in [3.63, 3.8) is 0 Å². The molecule has 1 amide bonds. The van der Waals surface area contributed by atoms with E-state index < -0.39 is 6.10 Å². The highest BCUT2D eigenvalue weighted by Gasteiger charge is 2.34. The van der Waals surface area contributed by atoms with Crippen LogP contribution in [0.1, 0.15) is 20.3 Å². The largest absolute Gasteiger partial charge is 0.495 e. The van der Waals surface area contributed by atoms with E-state index in [4.69, 9.17) is 4.74 Å². The summed E-state index contributed by atoms with van der Waals surface area (Å²) >= 11 is 0. The van der Waals surface area contributed by atoms with E-state index in [0.29, 0.717) is 12.3 Å². The molecule has 3 atom stereocenters. The Morgan fingerprint density at radius 2 is 2.10 bits per heavy atom. The fraction of sp³-hybridized carbons (Fsp3) is 0.533. The van der Waals surface area contributed by atoms with Crippen LogP contribution in [0.2, 0.25) is 0 Å². The number of methoxy groups -OCH3 is 1. The lowest BCUT2D eigenvalue weighted by Crippen LogP contribution is -2.46. The van der Waals surface area contributed by atoms with Gasteiger partial charge in [-0.15, -0.1) is 0 Å². The molecular formula is C15H22N2O3. The molecule has 2 rings (SSSR count). The topological polar surface area (TPSA) is 61.8 Å². The van der Waals surface area contributed by atoms with Crippen LogP contribution in [0.5, 0.6) is 5.75 Å². The van der Waals surface area contributed by atoms with Crippen LogP contribution in [0.25, 0.3) is 0 Å². The summed E-state index contributed by atoms with van der Waals surface area (Å²) in [5.74, 6) is 0.729. The van der Waals surface area contributed by atoms with Crippen LogP contribution in [-0.4, -0.2) is 42.9 Å². The Bertz CT molecular complexity index is 476. The number of rotatable bonds is 5. The average molecular weight is 278 g/mol. The molecule has 0 bridgehead atoms. The van der Waals surface area contributed by atoms with E-state index in [0.717, 1.165) is 12.1 Å². The van der Waals surface area contributed by atoms with Crippen LogP contribution in [0.3, 0.4) is 0 Å². The van der Waals surface area contributed by atoms with Crippen molar-refractivity contribution < 1.29 is 14.6 Å². The number of ether oxygens (including phenoxy) is 1. The molecule has 5 heteroatoms. The number of hydrogen-bond donors (Lipinski definition) is 2. The van der Waals surface area contributed by atoms with E-state index in [2.05, 4.69) is 5.32 Å². The van der Waals surface area contributed by atoms with E-state index >= 15 is 0 Å². The SMILES string of the molecule is COc1ccccc1N1CCC(NC(C)C(C)O)C1=O. The molecule has 3 unspecified atom stereocenters. The first-order valence-electron chi connectivity index (χ1n) is 6.93. The van der Waals surface area contributed by atoms with Gasteiger partial charge in [-0.25, -0.2) is 0 Å². The van der Waals surface area contributed by atoms with Crippen molar-refractivity contribution in [1.82, 2.24) is 5.32 Å². The Kier molecular flexibility index (Phi) is 4.62. The highest BCUT2D eigenvalue weighted by atomic mass is 16.5. The third-order valence-electron chi connectivity index (χ3n) is 3.77. The molecule has 1 aromatic carbocycles. The monoisotopic (exact) mass is 278 g/mol. The zero-order valence-corrected chi connectivity index (χ0v) is 12.2. The smallest absolute Gasteiger partial charge is 0.244 e. The Morgan fingerprint density at radius 3 is 2.75 bits per heavy atom. The molecule has 20 heavy (non-hydrogen) atoms. The molecule has 0 saturated carbocycles. The molecule has 1 aliphatic heterocycles. The second-order valence-corrected chi connectivity index (χ2v) is 5.20. The van der Waals surface area contributed by atoms with Gasteiger partial charge in [0.2, 0.25) is 5.91 Å². The molecule has 1 fully saturated rings. The maximum Gasteiger partial charge on any atom is 0.244 e. The molecule has 0 aliphatic carbocycles. The average Bonchev–Trinajstić information content (AvgIpc) is 2.80. The van der Waals surface area contributed by atoms with E-state index in [9.17, 15) is 9.90 Å². The quantitative estimate of drug-likeness (QED) is 0.848. The van der Waals surface area contributed by atoms with Gasteiger partial charge in [-0.05, 0) is 32.4 Å². The maximum absolute atomic E-state index is 12.5. The van der Waals surface area contributed by atoms with Crippen molar-refractivity contribution in [3.8, 4) is 5.75 Å². The number of nitrogens with one attached hydrogen (secondary N) is 1. The van der Waals surface area contributed by atoms with Gasteiger partial charge in [0, 0.05) is 12.6 Å². The van der Waals surface area contributed by atoms with Gasteiger partial charge in [-0.1, -0.05) is 12.1 Å². The summed E-state index contributed by atoms with van der Waals surface area (Å²) in [5, 5.41) is 12.7. The van der Waals surface area contributed by atoms with Crippen LogP contribution < -0.4 is 15.0 Å². The van der Waals surface area contributed by atoms with Crippen LogP contribution in [-0.2, 0) is 4.79 Å². The summed E-state index contributed by atoms with van der Waals surface area (Å²) < 4.78 is 5.31. The molecular weight excluding hydrogens is 256 g/mol. The lowest BCUT2D eigenvalue weighted by molar-refractivity contribution is -0.119. The minimum absolute atomic E-state index is 0.0296. The number of para-hydroxylation sites is 2. The lowest BCUT2D eigenvalue weighted by atomic mass is 10.1. The summed E-state index contributed by atoms with van der Waals surface area (Å²) in [6, 6.07) is 7.16. The van der Waals surface area contributed by atoms with Gasteiger partial charge in [0.15, 0.2) is 0 Å². The standard InChI is InChI=1S/C15H22N2O3/c1-10(11(2)18)16-12-8-9-17(15(12)19)13-6-4-5-7-14(13)20-3/h4-7,10-12,16,18H,8-9H2,1-3H3. The Hall–Kier alpha value is -1.59. The second-order valence-electron chi connectivity index (χ2n) is 5.20. The van der Waals surface area contributed by atoms with Crippen molar-refractivity contribution in [2.75, 3.05) is 18.6 Å². The predicted octanol–water partition coefficient (Wildman–Crippen LogP) is 1.16.